The molecule has 8 heteroatoms. The summed E-state index contributed by atoms with van der Waals surface area (Å²) in [4.78, 5) is 2.72. The SMILES string of the molecule is CCCCCCC1(CCCCCC)c2cc3c(cc2-c2c1cc(C)c1nsnc21)C(CCCCCC)(CCCCCC)c1cc(-c2cc4sc(C)cc4s2)c2nsnc2c1-3. The summed E-state index contributed by atoms with van der Waals surface area (Å²) in [7, 11) is 0. The second kappa shape index (κ2) is 18.0. The van der Waals surface area contributed by atoms with Gasteiger partial charge in [-0.3, -0.25) is 0 Å². The van der Waals surface area contributed by atoms with Gasteiger partial charge in [-0.1, -0.05) is 136 Å². The molecule has 4 nitrogen and oxygen atoms in total. The number of nitrogens with zero attached hydrogens (tertiary/aromatic N) is 4. The number of benzene rings is 3. The van der Waals surface area contributed by atoms with E-state index in [-0.39, 0.29) is 10.8 Å². The van der Waals surface area contributed by atoms with E-state index in [0.717, 1.165) is 22.1 Å². The number of aryl methyl sites for hydroxylation is 2. The Labute approximate surface area is 375 Å². The van der Waals surface area contributed by atoms with E-state index in [0.29, 0.717) is 0 Å². The van der Waals surface area contributed by atoms with E-state index in [1.54, 1.807) is 11.1 Å². The van der Waals surface area contributed by atoms with Crippen molar-refractivity contribution in [1.29, 1.82) is 0 Å². The Morgan fingerprint density at radius 2 is 0.850 bits per heavy atom. The largest absolute Gasteiger partial charge is 0.173 e. The molecule has 4 aromatic heterocycles. The fraction of sp³-hybridized carbons (Fsp3) is 0.538. The van der Waals surface area contributed by atoms with Crippen LogP contribution in [0.4, 0.5) is 0 Å². The van der Waals surface area contributed by atoms with Gasteiger partial charge in [0.2, 0.25) is 0 Å². The lowest BCUT2D eigenvalue weighted by Crippen LogP contribution is -2.27. The van der Waals surface area contributed by atoms with Gasteiger partial charge in [-0.15, -0.1) is 22.7 Å². The van der Waals surface area contributed by atoms with Crippen LogP contribution in [0.1, 0.15) is 189 Å². The number of fused-ring (bicyclic) bond motifs is 11. The van der Waals surface area contributed by atoms with Crippen LogP contribution in [0.2, 0.25) is 0 Å². The van der Waals surface area contributed by atoms with Gasteiger partial charge in [0.1, 0.15) is 22.1 Å². The smallest absolute Gasteiger partial charge is 0.114 e. The molecule has 0 saturated carbocycles. The molecule has 0 spiro atoms. The molecule has 0 radical (unpaired) electrons. The highest BCUT2D eigenvalue weighted by Gasteiger charge is 2.49. The fourth-order valence-corrected chi connectivity index (χ4v) is 15.0. The van der Waals surface area contributed by atoms with Crippen molar-refractivity contribution in [2.45, 2.75) is 181 Å². The van der Waals surface area contributed by atoms with Crippen LogP contribution in [-0.4, -0.2) is 17.5 Å². The third kappa shape index (κ3) is 7.21. The summed E-state index contributed by atoms with van der Waals surface area (Å²) in [6.45, 7) is 13.9. The Bertz CT molecular complexity index is 2560. The minimum Gasteiger partial charge on any atom is -0.173 e. The zero-order valence-corrected chi connectivity index (χ0v) is 40.3. The molecule has 7 aromatic rings. The highest BCUT2D eigenvalue weighted by Crippen LogP contribution is 2.63. The Morgan fingerprint density at radius 1 is 0.417 bits per heavy atom. The maximum absolute atomic E-state index is 5.29. The Hall–Kier alpha value is -3.04. The molecule has 4 heterocycles. The molecule has 0 aliphatic heterocycles. The maximum Gasteiger partial charge on any atom is 0.114 e. The van der Waals surface area contributed by atoms with Crippen LogP contribution < -0.4 is 0 Å². The lowest BCUT2D eigenvalue weighted by atomic mass is 9.68. The molecule has 0 N–H and O–H groups in total. The number of aromatic nitrogens is 4. The average molecular weight is 873 g/mol. The number of rotatable bonds is 21. The molecule has 0 unspecified atom stereocenters. The summed E-state index contributed by atoms with van der Waals surface area (Å²) in [6, 6.07) is 15.5. The molecule has 2 aliphatic carbocycles. The Balaban J connectivity index is 1.32. The van der Waals surface area contributed by atoms with Crippen molar-refractivity contribution in [1.82, 2.24) is 17.5 Å². The fourth-order valence-electron chi connectivity index (χ4n) is 11.5. The first-order valence-electron chi connectivity index (χ1n) is 23.6. The summed E-state index contributed by atoms with van der Waals surface area (Å²) in [5.74, 6) is 0. The van der Waals surface area contributed by atoms with Gasteiger partial charge in [0.25, 0.3) is 0 Å². The van der Waals surface area contributed by atoms with E-state index >= 15 is 0 Å². The second-order valence-corrected chi connectivity index (χ2v) is 21.9. The predicted molar refractivity (Wildman–Crippen MR) is 264 cm³/mol. The number of hydrogen-bond acceptors (Lipinski definition) is 8. The highest BCUT2D eigenvalue weighted by molar-refractivity contribution is 7.29. The number of hydrogen-bond donors (Lipinski definition) is 0. The minimum atomic E-state index is -0.0865. The molecular weight excluding hydrogens is 809 g/mol. The zero-order valence-electron chi connectivity index (χ0n) is 37.0. The third-order valence-electron chi connectivity index (χ3n) is 14.5. The van der Waals surface area contributed by atoms with Gasteiger partial charge >= 0.3 is 0 Å². The van der Waals surface area contributed by atoms with E-state index < -0.39 is 0 Å². The van der Waals surface area contributed by atoms with Gasteiger partial charge in [-0.2, -0.15) is 17.5 Å². The minimum absolute atomic E-state index is 0.0440. The quantitative estimate of drug-likeness (QED) is 0.0675. The van der Waals surface area contributed by atoms with E-state index in [1.165, 1.54) is 216 Å². The predicted octanol–water partition coefficient (Wildman–Crippen LogP) is 17.7. The van der Waals surface area contributed by atoms with Crippen LogP contribution in [0.25, 0.3) is 64.2 Å². The molecular formula is C52H64N4S4. The lowest BCUT2D eigenvalue weighted by Gasteiger charge is -2.35. The van der Waals surface area contributed by atoms with Crippen molar-refractivity contribution in [2.75, 3.05) is 0 Å². The summed E-state index contributed by atoms with van der Waals surface area (Å²) in [5.41, 5.74) is 18.7. The lowest BCUT2D eigenvalue weighted by molar-refractivity contribution is 0.397. The molecule has 0 saturated heterocycles. The molecule has 3 aromatic carbocycles. The normalized spacial score (nSPS) is 14.8. The summed E-state index contributed by atoms with van der Waals surface area (Å²) < 4.78 is 23.3. The van der Waals surface area contributed by atoms with Crippen LogP contribution in [0, 0.1) is 13.8 Å². The summed E-state index contributed by atoms with van der Waals surface area (Å²) >= 11 is 6.65. The van der Waals surface area contributed by atoms with Gasteiger partial charge in [0.15, 0.2) is 0 Å². The average Bonchev–Trinajstić information content (AvgIpc) is 4.11. The molecule has 0 atom stereocenters. The van der Waals surface area contributed by atoms with Crippen molar-refractivity contribution >= 4 is 77.6 Å². The van der Waals surface area contributed by atoms with Gasteiger partial charge in [-0.05, 0) is 109 Å². The third-order valence-corrected chi connectivity index (χ3v) is 17.7. The standard InChI is InChI=1S/C52H64N4S4/c1-7-11-15-19-23-51(24-20-16-12-8-2)38-30-36-39(29-35(38)45-40(51)27-33(5)47-49(45)55-59-53-47)52(25-21-17-13-9-3,26-22-18-14-10-4)41-31-37(48-50(46(36)41)56-60-54-48)42-32-44-43(58-42)28-34(6)57-44/h27-32H,7-26H2,1-6H3. The van der Waals surface area contributed by atoms with Crippen LogP contribution in [0.15, 0.2) is 36.4 Å². The number of unbranched alkanes of at least 4 members (excludes halogenated alkanes) is 12. The maximum atomic E-state index is 5.29. The molecule has 9 rings (SSSR count). The summed E-state index contributed by atoms with van der Waals surface area (Å²) in [5, 5.41) is 0. The monoisotopic (exact) mass is 872 g/mol. The van der Waals surface area contributed by atoms with Crippen LogP contribution in [0.3, 0.4) is 0 Å². The van der Waals surface area contributed by atoms with E-state index in [9.17, 15) is 0 Å². The van der Waals surface area contributed by atoms with Gasteiger partial charge in [0, 0.05) is 46.7 Å². The molecule has 316 valence electrons. The first kappa shape index (κ1) is 42.3. The molecule has 0 amide bonds. The van der Waals surface area contributed by atoms with Crippen LogP contribution >= 0.6 is 46.1 Å². The van der Waals surface area contributed by atoms with Crippen molar-refractivity contribution < 1.29 is 0 Å². The Kier molecular flexibility index (Phi) is 12.7. The zero-order chi connectivity index (χ0) is 41.4. The molecule has 60 heavy (non-hydrogen) atoms. The van der Waals surface area contributed by atoms with Crippen LogP contribution in [0.5, 0.6) is 0 Å². The van der Waals surface area contributed by atoms with E-state index in [1.807, 2.05) is 22.7 Å². The molecule has 2 aliphatic rings. The van der Waals surface area contributed by atoms with Crippen molar-refractivity contribution in [2.24, 2.45) is 0 Å². The Morgan fingerprint density at radius 3 is 1.35 bits per heavy atom. The highest BCUT2D eigenvalue weighted by atomic mass is 32.1. The van der Waals surface area contributed by atoms with Gasteiger partial charge in [0.05, 0.1) is 23.5 Å². The van der Waals surface area contributed by atoms with Crippen molar-refractivity contribution in [3.8, 4) is 32.7 Å². The molecule has 0 fully saturated rings. The van der Waals surface area contributed by atoms with E-state index in [2.05, 4.69) is 77.9 Å². The van der Waals surface area contributed by atoms with Crippen molar-refractivity contribution in [3.63, 3.8) is 0 Å². The van der Waals surface area contributed by atoms with Gasteiger partial charge < -0.3 is 0 Å². The topological polar surface area (TPSA) is 51.6 Å². The first-order chi connectivity index (χ1) is 29.4. The summed E-state index contributed by atoms with van der Waals surface area (Å²) in [6.07, 6.45) is 25.0. The van der Waals surface area contributed by atoms with Crippen LogP contribution in [-0.2, 0) is 10.8 Å². The first-order valence-corrected chi connectivity index (χ1v) is 26.7. The van der Waals surface area contributed by atoms with Gasteiger partial charge in [-0.25, -0.2) is 0 Å². The molecule has 0 bridgehead atoms. The number of thiophene rings is 2. The van der Waals surface area contributed by atoms with E-state index in [4.69, 9.17) is 17.5 Å². The van der Waals surface area contributed by atoms with Crippen molar-refractivity contribution in [3.05, 3.63) is 69.1 Å². The second-order valence-electron chi connectivity index (χ2n) is 18.4.